The van der Waals surface area contributed by atoms with E-state index in [1.165, 1.54) is 4.90 Å². The molecule has 23 heavy (non-hydrogen) atoms. The number of benzene rings is 1. The van der Waals surface area contributed by atoms with Crippen molar-refractivity contribution in [3.8, 4) is 5.75 Å². The number of anilines is 1. The molecule has 0 aliphatic carbocycles. The number of carbonyl (C=O) groups excluding carboxylic acids is 2. The second kappa shape index (κ2) is 7.00. The normalized spacial score (nSPS) is 20.1. The van der Waals surface area contributed by atoms with E-state index in [0.29, 0.717) is 37.1 Å². The van der Waals surface area contributed by atoms with E-state index in [-0.39, 0.29) is 25.0 Å². The van der Waals surface area contributed by atoms with Crippen LogP contribution in [-0.4, -0.2) is 56.2 Å². The molecule has 0 bridgehead atoms. The van der Waals surface area contributed by atoms with Crippen molar-refractivity contribution < 1.29 is 19.1 Å². The topological polar surface area (TPSA) is 59.1 Å². The van der Waals surface area contributed by atoms with Gasteiger partial charge in [-0.1, -0.05) is 12.1 Å². The summed E-state index contributed by atoms with van der Waals surface area (Å²) in [5.74, 6) is 0.820. The van der Waals surface area contributed by atoms with Gasteiger partial charge in [-0.2, -0.15) is 0 Å². The smallest absolute Gasteiger partial charge is 0.265 e. The molecule has 1 fully saturated rings. The van der Waals surface area contributed by atoms with Gasteiger partial charge in [0.15, 0.2) is 6.61 Å². The van der Waals surface area contributed by atoms with Gasteiger partial charge in [-0.25, -0.2) is 0 Å². The highest BCUT2D eigenvalue weighted by Crippen LogP contribution is 2.31. The van der Waals surface area contributed by atoms with Gasteiger partial charge in [0.1, 0.15) is 12.3 Å². The third-order valence-corrected chi connectivity index (χ3v) is 4.34. The molecule has 0 unspecified atom stereocenters. The molecule has 1 aromatic carbocycles. The molecule has 3 rings (SSSR count). The summed E-state index contributed by atoms with van der Waals surface area (Å²) in [5.41, 5.74) is 0.664. The van der Waals surface area contributed by atoms with E-state index < -0.39 is 0 Å². The molecule has 1 aromatic rings. The zero-order chi connectivity index (χ0) is 16.2. The van der Waals surface area contributed by atoms with Gasteiger partial charge in [0.2, 0.25) is 5.91 Å². The maximum Gasteiger partial charge on any atom is 0.265 e. The lowest BCUT2D eigenvalue weighted by atomic mass is 10.1. The molecule has 0 spiro atoms. The summed E-state index contributed by atoms with van der Waals surface area (Å²) in [4.78, 5) is 28.1. The summed E-state index contributed by atoms with van der Waals surface area (Å²) < 4.78 is 10.8. The lowest BCUT2D eigenvalue weighted by Crippen LogP contribution is -2.47. The van der Waals surface area contributed by atoms with Crippen LogP contribution in [0.15, 0.2) is 24.3 Å². The van der Waals surface area contributed by atoms with Crippen molar-refractivity contribution in [2.75, 3.05) is 44.4 Å². The fourth-order valence-electron chi connectivity index (χ4n) is 3.01. The zero-order valence-electron chi connectivity index (χ0n) is 13.4. The molecular weight excluding hydrogens is 296 g/mol. The van der Waals surface area contributed by atoms with Crippen LogP contribution < -0.4 is 9.64 Å². The van der Waals surface area contributed by atoms with Gasteiger partial charge in [-0.15, -0.1) is 0 Å². The Morgan fingerprint density at radius 3 is 2.96 bits per heavy atom. The summed E-state index contributed by atoms with van der Waals surface area (Å²) in [6.07, 6.45) is 0.989. The molecule has 0 N–H and O–H groups in total. The largest absolute Gasteiger partial charge is 0.482 e. The number of carbonyl (C=O) groups is 2. The number of hydrogen-bond donors (Lipinski definition) is 0. The number of fused-ring (bicyclic) bond motifs is 1. The Labute approximate surface area is 136 Å². The maximum atomic E-state index is 12.6. The summed E-state index contributed by atoms with van der Waals surface area (Å²) >= 11 is 0. The quantitative estimate of drug-likeness (QED) is 0.821. The van der Waals surface area contributed by atoms with Crippen LogP contribution in [0.4, 0.5) is 5.69 Å². The highest BCUT2D eigenvalue weighted by molar-refractivity contribution is 6.02. The predicted molar refractivity (Wildman–Crippen MR) is 85.5 cm³/mol. The highest BCUT2D eigenvalue weighted by atomic mass is 16.5. The first-order valence-electron chi connectivity index (χ1n) is 8.06. The minimum Gasteiger partial charge on any atom is -0.482 e. The van der Waals surface area contributed by atoms with E-state index in [1.54, 1.807) is 6.07 Å². The second-order valence-corrected chi connectivity index (χ2v) is 5.90. The monoisotopic (exact) mass is 318 g/mol. The molecule has 1 atom stereocenters. The van der Waals surface area contributed by atoms with Crippen LogP contribution in [0.3, 0.4) is 0 Å². The molecule has 1 saturated heterocycles. The van der Waals surface area contributed by atoms with Crippen molar-refractivity contribution in [2.45, 2.75) is 13.3 Å². The van der Waals surface area contributed by atoms with E-state index in [4.69, 9.17) is 9.47 Å². The molecular formula is C17H22N2O4. The lowest BCUT2D eigenvalue weighted by molar-refractivity contribution is -0.132. The minimum absolute atomic E-state index is 0.0209. The summed E-state index contributed by atoms with van der Waals surface area (Å²) in [5, 5.41) is 0. The predicted octanol–water partition coefficient (Wildman–Crippen LogP) is 1.30. The standard InChI is InChI=1S/C17H22N2O4/c1-2-18(9-13-7-8-22-11-13)16(20)10-19-14-5-3-4-6-15(14)23-12-17(19)21/h3-6,13H,2,7-12H2,1H3/t13-/m0/s1. The number of ether oxygens (including phenoxy) is 2. The first-order chi connectivity index (χ1) is 11.2. The average Bonchev–Trinajstić information content (AvgIpc) is 3.08. The van der Waals surface area contributed by atoms with Gasteiger partial charge < -0.3 is 14.4 Å². The van der Waals surface area contributed by atoms with Crippen LogP contribution in [0.2, 0.25) is 0 Å². The molecule has 2 aliphatic heterocycles. The lowest BCUT2D eigenvalue weighted by Gasteiger charge is -2.31. The Kier molecular flexibility index (Phi) is 4.81. The Morgan fingerprint density at radius 1 is 1.39 bits per heavy atom. The van der Waals surface area contributed by atoms with Crippen LogP contribution in [-0.2, 0) is 14.3 Å². The zero-order valence-corrected chi connectivity index (χ0v) is 13.4. The molecule has 2 amide bonds. The fraction of sp³-hybridized carbons (Fsp3) is 0.529. The van der Waals surface area contributed by atoms with Gasteiger partial charge in [0.25, 0.3) is 5.91 Å². The molecule has 2 aliphatic rings. The third kappa shape index (κ3) is 3.47. The molecule has 0 aromatic heterocycles. The first kappa shape index (κ1) is 15.8. The van der Waals surface area contributed by atoms with Crippen LogP contribution in [0, 0.1) is 5.92 Å². The van der Waals surface area contributed by atoms with Crippen LogP contribution in [0.25, 0.3) is 0 Å². The van der Waals surface area contributed by atoms with Crippen LogP contribution >= 0.6 is 0 Å². The molecule has 124 valence electrons. The first-order valence-corrected chi connectivity index (χ1v) is 8.06. The van der Waals surface area contributed by atoms with Gasteiger partial charge >= 0.3 is 0 Å². The number of amides is 2. The average molecular weight is 318 g/mol. The number of para-hydroxylation sites is 2. The van der Waals surface area contributed by atoms with Crippen molar-refractivity contribution in [3.63, 3.8) is 0 Å². The molecule has 0 saturated carbocycles. The van der Waals surface area contributed by atoms with Crippen LogP contribution in [0.1, 0.15) is 13.3 Å². The van der Waals surface area contributed by atoms with E-state index in [0.717, 1.165) is 13.0 Å². The van der Waals surface area contributed by atoms with Gasteiger partial charge in [0, 0.05) is 25.6 Å². The third-order valence-electron chi connectivity index (χ3n) is 4.34. The number of rotatable bonds is 5. The van der Waals surface area contributed by atoms with Crippen molar-refractivity contribution in [2.24, 2.45) is 5.92 Å². The summed E-state index contributed by atoms with van der Waals surface area (Å²) in [6.45, 7) is 4.80. The Balaban J connectivity index is 1.69. The Morgan fingerprint density at radius 2 is 2.22 bits per heavy atom. The van der Waals surface area contributed by atoms with Crippen molar-refractivity contribution in [1.29, 1.82) is 0 Å². The molecule has 0 radical (unpaired) electrons. The number of hydrogen-bond acceptors (Lipinski definition) is 4. The summed E-state index contributed by atoms with van der Waals surface area (Å²) in [7, 11) is 0. The SMILES string of the molecule is CCN(C[C@@H]1CCOC1)C(=O)CN1C(=O)COc2ccccc21. The van der Waals surface area contributed by atoms with Gasteiger partial charge in [-0.05, 0) is 25.5 Å². The van der Waals surface area contributed by atoms with Crippen molar-refractivity contribution in [1.82, 2.24) is 4.90 Å². The van der Waals surface area contributed by atoms with Gasteiger partial charge in [-0.3, -0.25) is 14.5 Å². The van der Waals surface area contributed by atoms with E-state index in [2.05, 4.69) is 0 Å². The number of nitrogens with zero attached hydrogens (tertiary/aromatic N) is 2. The molecule has 2 heterocycles. The van der Waals surface area contributed by atoms with E-state index in [1.807, 2.05) is 30.0 Å². The summed E-state index contributed by atoms with van der Waals surface area (Å²) in [6, 6.07) is 7.31. The van der Waals surface area contributed by atoms with Crippen molar-refractivity contribution in [3.05, 3.63) is 24.3 Å². The second-order valence-electron chi connectivity index (χ2n) is 5.90. The highest BCUT2D eigenvalue weighted by Gasteiger charge is 2.29. The Hall–Kier alpha value is -2.08. The number of likely N-dealkylation sites (N-methyl/N-ethyl adjacent to an activating group) is 1. The maximum absolute atomic E-state index is 12.6. The van der Waals surface area contributed by atoms with Crippen molar-refractivity contribution >= 4 is 17.5 Å². The minimum atomic E-state index is -0.183. The van der Waals surface area contributed by atoms with E-state index in [9.17, 15) is 9.59 Å². The molecule has 6 heteroatoms. The van der Waals surface area contributed by atoms with E-state index >= 15 is 0 Å². The molecule has 6 nitrogen and oxygen atoms in total. The van der Waals surface area contributed by atoms with Gasteiger partial charge in [0.05, 0.1) is 12.3 Å². The van der Waals surface area contributed by atoms with Crippen LogP contribution in [0.5, 0.6) is 5.75 Å². The fourth-order valence-corrected chi connectivity index (χ4v) is 3.01. The Bertz CT molecular complexity index is 584.